The quantitative estimate of drug-likeness (QED) is 0.325. The lowest BCUT2D eigenvalue weighted by Crippen LogP contribution is -3.17. The zero-order valence-corrected chi connectivity index (χ0v) is 24.0. The first kappa shape index (κ1) is 29.5. The summed E-state index contributed by atoms with van der Waals surface area (Å²) in [5.74, 6) is 0.616. The number of likely N-dealkylation sites (N-methyl/N-ethyl adjacent to an activating group) is 1. The van der Waals surface area contributed by atoms with E-state index in [2.05, 4.69) is 0 Å². The molecule has 0 aromatic heterocycles. The van der Waals surface area contributed by atoms with Gasteiger partial charge in [0.1, 0.15) is 17.9 Å². The average molecular weight is 570 g/mol. The van der Waals surface area contributed by atoms with E-state index in [1.807, 2.05) is 44.2 Å². The van der Waals surface area contributed by atoms with Crippen LogP contribution in [0.2, 0.25) is 0 Å². The predicted molar refractivity (Wildman–Crippen MR) is 150 cm³/mol. The molecule has 3 aromatic carbocycles. The monoisotopic (exact) mass is 569 g/mol. The maximum Gasteiger partial charge on any atom is 0.344 e. The maximum absolute atomic E-state index is 13.8. The first-order valence-electron chi connectivity index (χ1n) is 13.3. The average Bonchev–Trinajstić information content (AvgIpc) is 3.39. The highest BCUT2D eigenvalue weighted by molar-refractivity contribution is 7.89. The van der Waals surface area contributed by atoms with E-state index in [-0.39, 0.29) is 42.4 Å². The molecule has 4 rings (SSSR count). The fourth-order valence-corrected chi connectivity index (χ4v) is 6.57. The van der Waals surface area contributed by atoms with Crippen LogP contribution in [0, 0.1) is 12.8 Å². The number of carbonyl (C=O) groups is 1. The van der Waals surface area contributed by atoms with E-state index < -0.39 is 22.2 Å². The third kappa shape index (κ3) is 6.64. The number of aromatic hydroxyl groups is 1. The van der Waals surface area contributed by atoms with Gasteiger partial charge in [-0.15, -0.1) is 0 Å². The second-order valence-electron chi connectivity index (χ2n) is 10.6. The molecule has 0 spiro atoms. The Kier molecular flexibility index (Phi) is 9.15. The van der Waals surface area contributed by atoms with Crippen LogP contribution in [0.15, 0.2) is 71.6 Å². The van der Waals surface area contributed by atoms with Crippen molar-refractivity contribution in [1.82, 2.24) is 4.31 Å². The number of ether oxygens (including phenoxy) is 2. The first-order valence-corrected chi connectivity index (χ1v) is 14.7. The summed E-state index contributed by atoms with van der Waals surface area (Å²) in [6.07, 6.45) is -0.833. The van der Waals surface area contributed by atoms with Gasteiger partial charge in [-0.25, -0.2) is 13.2 Å². The molecule has 0 saturated carbocycles. The van der Waals surface area contributed by atoms with Crippen LogP contribution in [0.5, 0.6) is 17.2 Å². The number of aryl methyl sites for hydroxylation is 1. The molecule has 9 nitrogen and oxygen atoms in total. The number of benzene rings is 3. The van der Waals surface area contributed by atoms with Gasteiger partial charge < -0.3 is 19.7 Å². The van der Waals surface area contributed by atoms with Gasteiger partial charge in [-0.05, 0) is 54.3 Å². The van der Waals surface area contributed by atoms with Crippen molar-refractivity contribution >= 4 is 15.9 Å². The molecule has 0 bridgehead atoms. The number of sulfonamides is 1. The second kappa shape index (κ2) is 12.4. The number of nitrogens with one attached hydrogen (secondary N) is 1. The fraction of sp³-hybridized carbons (Fsp3) is 0.367. The smallest absolute Gasteiger partial charge is 0.344 e. The van der Waals surface area contributed by atoms with Gasteiger partial charge in [-0.3, -0.25) is 4.90 Å². The number of aliphatic hydroxyl groups excluding tert-OH is 1. The van der Waals surface area contributed by atoms with Crippen molar-refractivity contribution < 1.29 is 37.8 Å². The lowest BCUT2D eigenvalue weighted by atomic mass is 9.98. The van der Waals surface area contributed by atoms with Gasteiger partial charge in [0, 0.05) is 25.6 Å². The van der Waals surface area contributed by atoms with Gasteiger partial charge in [0.15, 0.2) is 11.5 Å². The zero-order chi connectivity index (χ0) is 29.0. The van der Waals surface area contributed by atoms with Crippen molar-refractivity contribution in [3.63, 3.8) is 0 Å². The van der Waals surface area contributed by atoms with E-state index in [9.17, 15) is 23.4 Å². The summed E-state index contributed by atoms with van der Waals surface area (Å²) in [4.78, 5) is 14.1. The van der Waals surface area contributed by atoms with E-state index in [1.54, 1.807) is 26.1 Å². The second-order valence-corrected chi connectivity index (χ2v) is 12.5. The van der Waals surface area contributed by atoms with Crippen molar-refractivity contribution in [2.24, 2.45) is 5.92 Å². The minimum Gasteiger partial charge on any atom is -0.508 e. The lowest BCUT2D eigenvalue weighted by molar-refractivity contribution is -0.825. The molecule has 40 heavy (non-hydrogen) atoms. The van der Waals surface area contributed by atoms with Crippen molar-refractivity contribution in [3.8, 4) is 17.2 Å². The number of aliphatic hydroxyl groups is 1. The summed E-state index contributed by atoms with van der Waals surface area (Å²) in [7, 11) is -2.33. The molecule has 0 saturated heterocycles. The summed E-state index contributed by atoms with van der Waals surface area (Å²) in [6, 6.07) is 17.8. The van der Waals surface area contributed by atoms with Crippen LogP contribution < -0.4 is 14.4 Å². The number of fused-ring (bicyclic) bond motifs is 1. The molecule has 1 heterocycles. The van der Waals surface area contributed by atoms with Gasteiger partial charge in [0.2, 0.25) is 16.8 Å². The van der Waals surface area contributed by atoms with E-state index in [0.717, 1.165) is 5.56 Å². The summed E-state index contributed by atoms with van der Waals surface area (Å²) in [5, 5.41) is 21.4. The van der Waals surface area contributed by atoms with Crippen LogP contribution in [0.1, 0.15) is 35.3 Å². The number of phenols is 1. The Labute approximate surface area is 235 Å². The standard InChI is InChI=1S/C30H36N2O7S/c1-20(2)17-32(40(36,37)24-11-13-28-29(16-24)39-19-38-28)18-27(34)26(15-22-8-6-5-7-9-22)31(4)30(35)25-12-10-23(33)14-21(25)3/h5-14,16,20,26-27,33-34H,15,17-19H2,1-4H3/p+1/t26-,27+/m0/s1. The summed E-state index contributed by atoms with van der Waals surface area (Å²) >= 11 is 0. The predicted octanol–water partition coefficient (Wildman–Crippen LogP) is 2.40. The maximum atomic E-state index is 13.8. The molecule has 214 valence electrons. The van der Waals surface area contributed by atoms with Crippen molar-refractivity contribution in [2.45, 2.75) is 44.2 Å². The van der Waals surface area contributed by atoms with Crippen LogP contribution >= 0.6 is 0 Å². The van der Waals surface area contributed by atoms with Crippen molar-refractivity contribution in [2.75, 3.05) is 26.9 Å². The van der Waals surface area contributed by atoms with Crippen LogP contribution in [-0.2, 0) is 16.4 Å². The van der Waals surface area contributed by atoms with Crippen LogP contribution in [0.4, 0.5) is 0 Å². The fourth-order valence-electron chi connectivity index (χ4n) is 4.93. The molecule has 3 aromatic rings. The molecular weight excluding hydrogens is 532 g/mol. The number of hydrogen-bond donors (Lipinski definition) is 3. The normalized spacial score (nSPS) is 15.3. The Morgan fingerprint density at radius 3 is 2.38 bits per heavy atom. The number of rotatable bonds is 11. The Balaban J connectivity index is 1.65. The molecule has 1 unspecified atom stereocenters. The number of quaternary nitrogens is 1. The molecule has 0 aliphatic carbocycles. The lowest BCUT2D eigenvalue weighted by Gasteiger charge is -2.32. The van der Waals surface area contributed by atoms with Gasteiger partial charge in [-0.2, -0.15) is 4.31 Å². The Morgan fingerprint density at radius 1 is 1.00 bits per heavy atom. The molecule has 1 aliphatic heterocycles. The highest BCUT2D eigenvalue weighted by Gasteiger charge is 2.37. The minimum atomic E-state index is -4.01. The van der Waals surface area contributed by atoms with Gasteiger partial charge >= 0.3 is 5.91 Å². The summed E-state index contributed by atoms with van der Waals surface area (Å²) < 4.78 is 39.6. The number of phenolic OH excluding ortho intramolecular Hbond substituents is 1. The zero-order valence-electron chi connectivity index (χ0n) is 23.2. The van der Waals surface area contributed by atoms with Crippen molar-refractivity contribution in [3.05, 3.63) is 83.4 Å². The Bertz CT molecular complexity index is 1440. The van der Waals surface area contributed by atoms with Crippen molar-refractivity contribution in [1.29, 1.82) is 0 Å². The number of nitrogens with zero attached hydrogens (tertiary/aromatic N) is 1. The van der Waals surface area contributed by atoms with E-state index >= 15 is 0 Å². The molecular formula is C30H37N2O7S+. The molecule has 3 atom stereocenters. The van der Waals surface area contributed by atoms with Crippen LogP contribution in [-0.4, -0.2) is 67.9 Å². The van der Waals surface area contributed by atoms with Crippen LogP contribution in [0.25, 0.3) is 0 Å². The first-order chi connectivity index (χ1) is 19.0. The molecule has 10 heteroatoms. The minimum absolute atomic E-state index is 0.0186. The van der Waals surface area contributed by atoms with Crippen LogP contribution in [0.3, 0.4) is 0 Å². The summed E-state index contributed by atoms with van der Waals surface area (Å²) in [6.45, 7) is 5.56. The third-order valence-electron chi connectivity index (χ3n) is 7.07. The van der Waals surface area contributed by atoms with Gasteiger partial charge in [-0.1, -0.05) is 44.2 Å². The van der Waals surface area contributed by atoms with E-state index in [0.29, 0.717) is 33.9 Å². The molecule has 0 radical (unpaired) electrons. The van der Waals surface area contributed by atoms with E-state index in [4.69, 9.17) is 9.47 Å². The Morgan fingerprint density at radius 2 is 1.70 bits per heavy atom. The van der Waals surface area contributed by atoms with Gasteiger partial charge in [0.05, 0.1) is 17.5 Å². The topological polar surface area (TPSA) is 118 Å². The largest absolute Gasteiger partial charge is 0.508 e. The highest BCUT2D eigenvalue weighted by Crippen LogP contribution is 2.35. The molecule has 1 amide bonds. The van der Waals surface area contributed by atoms with Gasteiger partial charge in [0.25, 0.3) is 0 Å². The molecule has 0 fully saturated rings. The molecule has 3 N–H and O–H groups in total. The number of amides is 1. The SMILES string of the molecule is Cc1cc(O)ccc1C(=O)[NH+](C)[C@@H](Cc1ccccc1)[C@H](O)CN(CC(C)C)S(=O)(=O)c1ccc2c(c1)OCO2. The Hall–Kier alpha value is -3.44. The van der Waals surface area contributed by atoms with E-state index in [1.165, 1.54) is 28.6 Å². The number of carbonyl (C=O) groups excluding carboxylic acids is 1. The molecule has 1 aliphatic rings. The summed E-state index contributed by atoms with van der Waals surface area (Å²) in [5.41, 5.74) is 1.95. The highest BCUT2D eigenvalue weighted by atomic mass is 32.2. The third-order valence-corrected chi connectivity index (χ3v) is 8.90. The number of hydrogen-bond acceptors (Lipinski definition) is 7.